The number of nitrogens with zero attached hydrogens (tertiary/aromatic N) is 4. The molecule has 0 atom stereocenters. The minimum atomic E-state index is -4.75. The van der Waals surface area contributed by atoms with Gasteiger partial charge in [-0.25, -0.2) is 19.3 Å². The zero-order valence-corrected chi connectivity index (χ0v) is 15.3. The summed E-state index contributed by atoms with van der Waals surface area (Å²) >= 11 is 2.21. The summed E-state index contributed by atoms with van der Waals surface area (Å²) in [5.74, 6) is -0.869. The van der Waals surface area contributed by atoms with Gasteiger partial charge in [-0.1, -0.05) is 23.3 Å². The number of hydrogen-bond donors (Lipinski definition) is 2. The summed E-state index contributed by atoms with van der Waals surface area (Å²) in [5, 5.41) is 2.77. The molecular formula is C14H16F4N6S2. The van der Waals surface area contributed by atoms with Crippen LogP contribution < -0.4 is 11.1 Å². The van der Waals surface area contributed by atoms with Crippen molar-refractivity contribution in [2.45, 2.75) is 25.1 Å². The van der Waals surface area contributed by atoms with Crippen molar-refractivity contribution in [3.8, 4) is 10.6 Å². The van der Waals surface area contributed by atoms with Gasteiger partial charge in [-0.15, -0.1) is 0 Å². The Morgan fingerprint density at radius 3 is 2.62 bits per heavy atom. The summed E-state index contributed by atoms with van der Waals surface area (Å²) in [7, 11) is 0. The van der Waals surface area contributed by atoms with Gasteiger partial charge < -0.3 is 11.1 Å². The van der Waals surface area contributed by atoms with Crippen LogP contribution in [-0.2, 0) is 6.18 Å². The number of thiazole rings is 1. The normalized spacial score (nSPS) is 16.8. The second kappa shape index (κ2) is 7.53. The van der Waals surface area contributed by atoms with E-state index < -0.39 is 28.3 Å². The van der Waals surface area contributed by atoms with Gasteiger partial charge in [0.2, 0.25) is 5.95 Å². The lowest BCUT2D eigenvalue weighted by Gasteiger charge is -2.30. The number of nitrogens with one attached hydrogen (secondary N) is 1. The third-order valence-electron chi connectivity index (χ3n) is 3.92. The van der Waals surface area contributed by atoms with Crippen LogP contribution in [0.5, 0.6) is 0 Å². The van der Waals surface area contributed by atoms with Gasteiger partial charge in [-0.2, -0.15) is 13.2 Å². The Morgan fingerprint density at radius 2 is 2.00 bits per heavy atom. The predicted octanol–water partition coefficient (Wildman–Crippen LogP) is 3.49. The molecule has 3 rings (SSSR count). The van der Waals surface area contributed by atoms with Crippen LogP contribution in [0.1, 0.15) is 18.5 Å². The van der Waals surface area contributed by atoms with Crippen molar-refractivity contribution in [2.24, 2.45) is 0 Å². The number of aromatic nitrogens is 3. The number of halogens is 4. The number of alkyl halides is 3. The zero-order valence-electron chi connectivity index (χ0n) is 13.7. The number of nitrogen functional groups attached to an aromatic ring is 1. The fourth-order valence-electron chi connectivity index (χ4n) is 2.65. The molecule has 0 spiro atoms. The molecule has 1 saturated heterocycles. The number of anilines is 2. The van der Waals surface area contributed by atoms with Gasteiger partial charge in [0.1, 0.15) is 5.69 Å². The summed E-state index contributed by atoms with van der Waals surface area (Å²) in [6, 6.07) is 0.0744. The van der Waals surface area contributed by atoms with Crippen molar-refractivity contribution >= 4 is 34.4 Å². The van der Waals surface area contributed by atoms with E-state index in [0.29, 0.717) is 11.3 Å². The molecular weight excluding hydrogens is 392 g/mol. The summed E-state index contributed by atoms with van der Waals surface area (Å²) in [4.78, 5) is 10.6. The Balaban J connectivity index is 1.85. The maximum Gasteiger partial charge on any atom is 0.434 e. The van der Waals surface area contributed by atoms with Crippen LogP contribution in [0.2, 0.25) is 0 Å². The molecule has 1 fully saturated rings. The molecule has 0 saturated carbocycles. The van der Waals surface area contributed by atoms with Crippen LogP contribution in [0, 0.1) is 5.82 Å². The van der Waals surface area contributed by atoms with Crippen molar-refractivity contribution in [3.05, 3.63) is 17.7 Å². The van der Waals surface area contributed by atoms with E-state index in [0.717, 1.165) is 32.1 Å². The first-order valence-corrected chi connectivity index (χ1v) is 9.69. The van der Waals surface area contributed by atoms with E-state index in [1.165, 1.54) is 0 Å². The second-order valence-electron chi connectivity index (χ2n) is 5.65. The minimum Gasteiger partial charge on any atom is -0.375 e. The van der Waals surface area contributed by atoms with Gasteiger partial charge in [0.15, 0.2) is 16.6 Å². The van der Waals surface area contributed by atoms with Crippen LogP contribution in [0.4, 0.5) is 28.6 Å². The summed E-state index contributed by atoms with van der Waals surface area (Å²) in [5.41, 5.74) is 3.70. The van der Waals surface area contributed by atoms with Crippen LogP contribution in [0.15, 0.2) is 6.20 Å². The molecule has 1 aliphatic rings. The quantitative estimate of drug-likeness (QED) is 0.592. The SMILES string of the molecule is CSN1CCC(Nc2ncc(F)c(-c3sc(N)nc3C(F)(F)F)n2)CC1. The smallest absolute Gasteiger partial charge is 0.375 e. The van der Waals surface area contributed by atoms with E-state index in [1.54, 1.807) is 11.9 Å². The molecule has 0 bridgehead atoms. The maximum absolute atomic E-state index is 14.1. The highest BCUT2D eigenvalue weighted by molar-refractivity contribution is 7.96. The molecule has 0 radical (unpaired) electrons. The first-order chi connectivity index (χ1) is 12.3. The molecule has 0 amide bonds. The van der Waals surface area contributed by atoms with E-state index in [9.17, 15) is 17.6 Å². The molecule has 3 heterocycles. The van der Waals surface area contributed by atoms with Crippen LogP contribution >= 0.6 is 23.3 Å². The Bertz CT molecular complexity index is 773. The maximum atomic E-state index is 14.1. The van der Waals surface area contributed by atoms with Crippen molar-refractivity contribution in [3.63, 3.8) is 0 Å². The lowest BCUT2D eigenvalue weighted by molar-refractivity contribution is -0.140. The first kappa shape index (κ1) is 19.1. The van der Waals surface area contributed by atoms with E-state index in [1.807, 2.05) is 6.26 Å². The highest BCUT2D eigenvalue weighted by Crippen LogP contribution is 2.41. The van der Waals surface area contributed by atoms with Crippen LogP contribution in [0.25, 0.3) is 10.6 Å². The third kappa shape index (κ3) is 4.18. The van der Waals surface area contributed by atoms with Crippen molar-refractivity contribution in [2.75, 3.05) is 30.4 Å². The number of hydrogen-bond acceptors (Lipinski definition) is 8. The van der Waals surface area contributed by atoms with E-state index >= 15 is 0 Å². The van der Waals surface area contributed by atoms with Gasteiger partial charge in [0.25, 0.3) is 0 Å². The Kier molecular flexibility index (Phi) is 5.53. The third-order valence-corrected chi connectivity index (χ3v) is 5.69. The molecule has 2 aromatic heterocycles. The van der Waals surface area contributed by atoms with Gasteiger partial charge in [0, 0.05) is 19.1 Å². The topological polar surface area (TPSA) is 80.0 Å². The first-order valence-electron chi connectivity index (χ1n) is 7.70. The lowest BCUT2D eigenvalue weighted by atomic mass is 10.1. The number of nitrogens with two attached hydrogens (primary N) is 1. The monoisotopic (exact) mass is 408 g/mol. The molecule has 1 aliphatic heterocycles. The van der Waals surface area contributed by atoms with Crippen molar-refractivity contribution < 1.29 is 17.6 Å². The molecule has 6 nitrogen and oxygen atoms in total. The van der Waals surface area contributed by atoms with Gasteiger partial charge in [0.05, 0.1) is 11.1 Å². The van der Waals surface area contributed by atoms with Gasteiger partial charge >= 0.3 is 6.18 Å². The van der Waals surface area contributed by atoms with Gasteiger partial charge in [-0.05, 0) is 19.1 Å². The zero-order chi connectivity index (χ0) is 18.9. The van der Waals surface area contributed by atoms with E-state index in [4.69, 9.17) is 5.73 Å². The van der Waals surface area contributed by atoms with E-state index in [2.05, 4.69) is 24.6 Å². The van der Waals surface area contributed by atoms with Crippen molar-refractivity contribution in [1.82, 2.24) is 19.3 Å². The molecule has 26 heavy (non-hydrogen) atoms. The number of piperidine rings is 1. The van der Waals surface area contributed by atoms with Crippen LogP contribution in [-0.4, -0.2) is 44.6 Å². The Labute approximate surface area is 155 Å². The average molecular weight is 408 g/mol. The highest BCUT2D eigenvalue weighted by Gasteiger charge is 2.39. The lowest BCUT2D eigenvalue weighted by Crippen LogP contribution is -2.35. The average Bonchev–Trinajstić information content (AvgIpc) is 2.99. The van der Waals surface area contributed by atoms with Crippen molar-refractivity contribution in [1.29, 1.82) is 0 Å². The minimum absolute atomic E-state index is 0.0744. The predicted molar refractivity (Wildman–Crippen MR) is 94.2 cm³/mol. The summed E-state index contributed by atoms with van der Waals surface area (Å²) < 4.78 is 55.7. The van der Waals surface area contributed by atoms with Crippen LogP contribution in [0.3, 0.4) is 0 Å². The standard InChI is InChI=1S/C14H16F4N6S2/c1-25-24-4-2-7(3-5-24)21-13-20-6-8(15)9(22-13)10-11(14(16,17)18)23-12(19)26-10/h6-7H,2-5H2,1H3,(H2,19,23)(H,20,21,22). The largest absolute Gasteiger partial charge is 0.434 e. The molecule has 2 aromatic rings. The molecule has 0 aromatic carbocycles. The summed E-state index contributed by atoms with van der Waals surface area (Å²) in [6.45, 7) is 1.74. The number of rotatable bonds is 4. The fraction of sp³-hybridized carbons (Fsp3) is 0.500. The Hall–Kier alpha value is -1.66. The highest BCUT2D eigenvalue weighted by atomic mass is 32.2. The fourth-order valence-corrected chi connectivity index (χ4v) is 4.07. The summed E-state index contributed by atoms with van der Waals surface area (Å²) in [6.07, 6.45) is -0.227. The molecule has 12 heteroatoms. The molecule has 3 N–H and O–H groups in total. The molecule has 0 aliphatic carbocycles. The molecule has 0 unspecified atom stereocenters. The molecule has 142 valence electrons. The van der Waals surface area contributed by atoms with Gasteiger partial charge in [-0.3, -0.25) is 4.31 Å². The second-order valence-corrected chi connectivity index (χ2v) is 7.56. The van der Waals surface area contributed by atoms with E-state index in [-0.39, 0.29) is 17.1 Å². The Morgan fingerprint density at radius 1 is 1.31 bits per heavy atom.